The lowest BCUT2D eigenvalue weighted by Gasteiger charge is -2.31. The molecule has 0 radical (unpaired) electrons. The predicted molar refractivity (Wildman–Crippen MR) is 121 cm³/mol. The van der Waals surface area contributed by atoms with Gasteiger partial charge in [0.15, 0.2) is 6.10 Å². The van der Waals surface area contributed by atoms with Crippen molar-refractivity contribution in [2.75, 3.05) is 23.7 Å². The number of hydrogen-bond donors (Lipinski definition) is 2. The molecule has 2 N–H and O–H groups in total. The Labute approximate surface area is 188 Å². The van der Waals surface area contributed by atoms with Crippen molar-refractivity contribution in [3.63, 3.8) is 0 Å². The molecule has 0 saturated carbocycles. The second-order valence-electron chi connectivity index (χ2n) is 8.35. The minimum absolute atomic E-state index is 0.0839. The SMILES string of the molecule is Cc1ccccc1NC(=O)C1CCN(S(=O)(=O)c2cc3c(cc2C)NC(=O)[C@H](C)O3)CC1. The summed E-state index contributed by atoms with van der Waals surface area (Å²) in [5.74, 6) is -0.253. The lowest BCUT2D eigenvalue weighted by atomic mass is 9.97. The Morgan fingerprint density at radius 1 is 1.12 bits per heavy atom. The van der Waals surface area contributed by atoms with E-state index in [0.29, 0.717) is 29.8 Å². The molecule has 8 nitrogen and oxygen atoms in total. The number of carbonyl (C=O) groups excluding carboxylic acids is 2. The van der Waals surface area contributed by atoms with Crippen LogP contribution >= 0.6 is 0 Å². The molecular weight excluding hydrogens is 430 g/mol. The minimum Gasteiger partial charge on any atom is -0.479 e. The van der Waals surface area contributed by atoms with Crippen LogP contribution in [0.2, 0.25) is 0 Å². The van der Waals surface area contributed by atoms with Crippen molar-refractivity contribution < 1.29 is 22.7 Å². The Morgan fingerprint density at radius 2 is 1.81 bits per heavy atom. The Kier molecular flexibility index (Phi) is 5.96. The zero-order chi connectivity index (χ0) is 23.0. The molecule has 1 saturated heterocycles. The molecule has 4 rings (SSSR count). The van der Waals surface area contributed by atoms with Gasteiger partial charge in [0.1, 0.15) is 5.75 Å². The van der Waals surface area contributed by atoms with E-state index in [1.54, 1.807) is 19.9 Å². The van der Waals surface area contributed by atoms with Crippen LogP contribution in [0.1, 0.15) is 30.9 Å². The van der Waals surface area contributed by atoms with Crippen LogP contribution in [0.3, 0.4) is 0 Å². The monoisotopic (exact) mass is 457 g/mol. The number of sulfonamides is 1. The molecule has 2 amide bonds. The molecule has 0 bridgehead atoms. The molecule has 2 heterocycles. The average molecular weight is 458 g/mol. The van der Waals surface area contributed by atoms with Gasteiger partial charge >= 0.3 is 0 Å². The van der Waals surface area contributed by atoms with Gasteiger partial charge in [0.2, 0.25) is 15.9 Å². The number of rotatable bonds is 4. The lowest BCUT2D eigenvalue weighted by Crippen LogP contribution is -2.41. The third kappa shape index (κ3) is 4.22. The molecule has 0 unspecified atom stereocenters. The van der Waals surface area contributed by atoms with E-state index in [0.717, 1.165) is 11.3 Å². The van der Waals surface area contributed by atoms with E-state index in [1.165, 1.54) is 10.4 Å². The molecule has 2 aromatic rings. The van der Waals surface area contributed by atoms with E-state index in [2.05, 4.69) is 10.6 Å². The third-order valence-corrected chi connectivity index (χ3v) is 8.09. The maximum atomic E-state index is 13.3. The standard InChI is InChI=1S/C23H27N3O5S/c1-14-6-4-5-7-18(14)24-23(28)17-8-10-26(11-9-17)32(29,30)21-13-20-19(12-15(21)2)25-22(27)16(3)31-20/h4-7,12-13,16-17H,8-11H2,1-3H3,(H,24,28)(H,25,27)/t16-/m0/s1. The van der Waals surface area contributed by atoms with Gasteiger partial charge in [-0.25, -0.2) is 8.42 Å². The number of anilines is 2. The van der Waals surface area contributed by atoms with Gasteiger partial charge in [-0.1, -0.05) is 18.2 Å². The molecule has 32 heavy (non-hydrogen) atoms. The zero-order valence-electron chi connectivity index (χ0n) is 18.3. The maximum Gasteiger partial charge on any atom is 0.265 e. The molecule has 0 spiro atoms. The highest BCUT2D eigenvalue weighted by molar-refractivity contribution is 7.89. The number of fused-ring (bicyclic) bond motifs is 1. The highest BCUT2D eigenvalue weighted by Crippen LogP contribution is 2.36. The van der Waals surface area contributed by atoms with Crippen LogP contribution in [0.4, 0.5) is 11.4 Å². The van der Waals surface area contributed by atoms with E-state index in [1.807, 2.05) is 31.2 Å². The first-order valence-electron chi connectivity index (χ1n) is 10.7. The van der Waals surface area contributed by atoms with Gasteiger partial charge in [-0.05, 0) is 56.9 Å². The summed E-state index contributed by atoms with van der Waals surface area (Å²) < 4.78 is 33.7. The molecule has 0 aromatic heterocycles. The summed E-state index contributed by atoms with van der Waals surface area (Å²) in [5, 5.41) is 5.69. The van der Waals surface area contributed by atoms with Gasteiger partial charge in [0.25, 0.3) is 5.91 Å². The van der Waals surface area contributed by atoms with Crippen molar-refractivity contribution in [2.45, 2.75) is 44.6 Å². The highest BCUT2D eigenvalue weighted by Gasteiger charge is 2.34. The minimum atomic E-state index is -3.76. The molecule has 170 valence electrons. The molecule has 2 aromatic carbocycles. The number of carbonyl (C=O) groups is 2. The topological polar surface area (TPSA) is 105 Å². The second-order valence-corrected chi connectivity index (χ2v) is 10.3. The summed E-state index contributed by atoms with van der Waals surface area (Å²) in [7, 11) is -3.76. The van der Waals surface area contributed by atoms with Crippen LogP contribution in [0.25, 0.3) is 0 Å². The number of hydrogen-bond acceptors (Lipinski definition) is 5. The Bertz CT molecular complexity index is 1170. The van der Waals surface area contributed by atoms with E-state index in [4.69, 9.17) is 4.74 Å². The molecule has 2 aliphatic rings. The largest absolute Gasteiger partial charge is 0.479 e. The van der Waals surface area contributed by atoms with E-state index in [9.17, 15) is 18.0 Å². The predicted octanol–water partition coefficient (Wildman–Crippen LogP) is 3.06. The van der Waals surface area contributed by atoms with Gasteiger partial charge in [0, 0.05) is 30.8 Å². The third-order valence-electron chi connectivity index (χ3n) is 6.05. The Balaban J connectivity index is 1.46. The van der Waals surface area contributed by atoms with Crippen LogP contribution in [0, 0.1) is 19.8 Å². The number of para-hydroxylation sites is 1. The fourth-order valence-corrected chi connectivity index (χ4v) is 5.76. The average Bonchev–Trinajstić information content (AvgIpc) is 2.76. The summed E-state index contributed by atoms with van der Waals surface area (Å²) in [5.41, 5.74) is 2.76. The number of ether oxygens (including phenoxy) is 1. The fourth-order valence-electron chi connectivity index (χ4n) is 4.07. The van der Waals surface area contributed by atoms with Crippen molar-refractivity contribution in [1.82, 2.24) is 4.31 Å². The van der Waals surface area contributed by atoms with E-state index >= 15 is 0 Å². The van der Waals surface area contributed by atoms with E-state index < -0.39 is 16.1 Å². The Hall–Kier alpha value is -2.91. The Morgan fingerprint density at radius 3 is 2.50 bits per heavy atom. The number of benzene rings is 2. The maximum absolute atomic E-state index is 13.3. The summed E-state index contributed by atoms with van der Waals surface area (Å²) in [6.07, 6.45) is 0.206. The first-order chi connectivity index (χ1) is 15.2. The number of amides is 2. The van der Waals surface area contributed by atoms with Crippen molar-refractivity contribution in [3.8, 4) is 5.75 Å². The number of aryl methyl sites for hydroxylation is 2. The quantitative estimate of drug-likeness (QED) is 0.734. The molecule has 1 atom stereocenters. The first kappa shape index (κ1) is 22.3. The number of piperidine rings is 1. The molecular formula is C23H27N3O5S. The van der Waals surface area contributed by atoms with Gasteiger partial charge in [-0.15, -0.1) is 0 Å². The van der Waals surface area contributed by atoms with Gasteiger partial charge in [-0.3, -0.25) is 9.59 Å². The molecule has 1 fully saturated rings. The zero-order valence-corrected chi connectivity index (χ0v) is 19.2. The van der Waals surface area contributed by atoms with Crippen LogP contribution in [0.15, 0.2) is 41.3 Å². The normalized spacial score (nSPS) is 19.6. The van der Waals surface area contributed by atoms with Crippen molar-refractivity contribution >= 4 is 33.2 Å². The van der Waals surface area contributed by atoms with Gasteiger partial charge < -0.3 is 15.4 Å². The molecule has 0 aliphatic carbocycles. The lowest BCUT2D eigenvalue weighted by molar-refractivity contribution is -0.123. The highest BCUT2D eigenvalue weighted by atomic mass is 32.2. The van der Waals surface area contributed by atoms with E-state index in [-0.39, 0.29) is 35.7 Å². The summed E-state index contributed by atoms with van der Waals surface area (Å²) in [6.45, 7) is 5.76. The molecule has 9 heteroatoms. The first-order valence-corrected chi connectivity index (χ1v) is 12.1. The smallest absolute Gasteiger partial charge is 0.265 e. The summed E-state index contributed by atoms with van der Waals surface area (Å²) in [4.78, 5) is 24.7. The number of nitrogens with one attached hydrogen (secondary N) is 2. The second kappa shape index (κ2) is 8.55. The fraction of sp³-hybridized carbons (Fsp3) is 0.391. The summed E-state index contributed by atoms with van der Waals surface area (Å²) >= 11 is 0. The van der Waals surface area contributed by atoms with Crippen molar-refractivity contribution in [3.05, 3.63) is 47.5 Å². The number of nitrogens with zero attached hydrogens (tertiary/aromatic N) is 1. The molecule has 2 aliphatic heterocycles. The summed E-state index contributed by atoms with van der Waals surface area (Å²) in [6, 6.07) is 10.7. The van der Waals surface area contributed by atoms with Crippen LogP contribution in [-0.4, -0.2) is 43.7 Å². The van der Waals surface area contributed by atoms with Crippen molar-refractivity contribution in [1.29, 1.82) is 0 Å². The van der Waals surface area contributed by atoms with Gasteiger partial charge in [0.05, 0.1) is 10.6 Å². The van der Waals surface area contributed by atoms with Crippen LogP contribution in [-0.2, 0) is 19.6 Å². The van der Waals surface area contributed by atoms with Gasteiger partial charge in [-0.2, -0.15) is 4.31 Å². The van der Waals surface area contributed by atoms with Crippen molar-refractivity contribution in [2.24, 2.45) is 5.92 Å². The van der Waals surface area contributed by atoms with Crippen LogP contribution in [0.5, 0.6) is 5.75 Å². The van der Waals surface area contributed by atoms with Crippen LogP contribution < -0.4 is 15.4 Å².